The summed E-state index contributed by atoms with van der Waals surface area (Å²) < 4.78 is 0. The van der Waals surface area contributed by atoms with Crippen LogP contribution in [-0.4, -0.2) is 21.3 Å². The second-order valence-electron chi connectivity index (χ2n) is 4.32. The Labute approximate surface area is 88.3 Å². The van der Waals surface area contributed by atoms with E-state index in [1.54, 1.807) is 6.20 Å². The van der Waals surface area contributed by atoms with Crippen molar-refractivity contribution in [3.8, 4) is 0 Å². The zero-order chi connectivity index (χ0) is 10.9. The first kappa shape index (κ1) is 10.1. The van der Waals surface area contributed by atoms with Crippen LogP contribution in [0.1, 0.15) is 37.8 Å². The molecule has 1 aromatic rings. The van der Waals surface area contributed by atoms with Gasteiger partial charge in [0.2, 0.25) is 0 Å². The zero-order valence-electron chi connectivity index (χ0n) is 8.68. The highest BCUT2D eigenvalue weighted by molar-refractivity contribution is 5.76. The molecule has 0 bridgehead atoms. The molecule has 1 saturated carbocycles. The minimum atomic E-state index is -0.726. The molecule has 2 unspecified atom stereocenters. The fourth-order valence-electron chi connectivity index (χ4n) is 2.40. The van der Waals surface area contributed by atoms with Crippen LogP contribution in [0.2, 0.25) is 0 Å². The van der Waals surface area contributed by atoms with Gasteiger partial charge in [0.25, 0.3) is 0 Å². The summed E-state index contributed by atoms with van der Waals surface area (Å²) in [6.07, 6.45) is 4.17. The largest absolute Gasteiger partial charge is 0.481 e. The van der Waals surface area contributed by atoms with Crippen molar-refractivity contribution in [3.63, 3.8) is 0 Å². The molecular formula is C11H14N2O2. The molecule has 4 heteroatoms. The molecule has 0 aromatic carbocycles. The summed E-state index contributed by atoms with van der Waals surface area (Å²) in [5.41, 5.74) is 0.135. The Balaban J connectivity index is 2.34. The Morgan fingerprint density at radius 2 is 2.47 bits per heavy atom. The summed E-state index contributed by atoms with van der Waals surface area (Å²) in [4.78, 5) is 11.3. The van der Waals surface area contributed by atoms with Gasteiger partial charge in [0.1, 0.15) is 0 Å². The van der Waals surface area contributed by atoms with Gasteiger partial charge >= 0.3 is 5.97 Å². The van der Waals surface area contributed by atoms with Crippen molar-refractivity contribution < 1.29 is 9.90 Å². The van der Waals surface area contributed by atoms with Gasteiger partial charge in [-0.15, -0.1) is 0 Å². The maximum atomic E-state index is 11.3. The molecule has 4 nitrogen and oxygen atoms in total. The summed E-state index contributed by atoms with van der Waals surface area (Å²) in [6.45, 7) is 1.81. The first-order valence-electron chi connectivity index (χ1n) is 5.15. The van der Waals surface area contributed by atoms with Crippen molar-refractivity contribution in [2.45, 2.75) is 32.1 Å². The fourth-order valence-corrected chi connectivity index (χ4v) is 2.40. The van der Waals surface area contributed by atoms with Gasteiger partial charge in [-0.2, -0.15) is 10.2 Å². The SMILES string of the molecule is CC1(C(=O)O)CCCC1c1cccnn1. The lowest BCUT2D eigenvalue weighted by Gasteiger charge is -2.25. The number of aromatic nitrogens is 2. The smallest absolute Gasteiger partial charge is 0.310 e. The van der Waals surface area contributed by atoms with Gasteiger partial charge in [-0.1, -0.05) is 6.42 Å². The van der Waals surface area contributed by atoms with Crippen LogP contribution in [0.4, 0.5) is 0 Å². The summed E-state index contributed by atoms with van der Waals surface area (Å²) >= 11 is 0. The number of carboxylic acid groups (broad SMARTS) is 1. The van der Waals surface area contributed by atoms with E-state index in [9.17, 15) is 9.90 Å². The maximum absolute atomic E-state index is 11.3. The third-order valence-corrected chi connectivity index (χ3v) is 3.40. The molecule has 0 aliphatic heterocycles. The highest BCUT2D eigenvalue weighted by atomic mass is 16.4. The lowest BCUT2D eigenvalue weighted by Crippen LogP contribution is -2.30. The average molecular weight is 206 g/mol. The normalized spacial score (nSPS) is 30.3. The minimum Gasteiger partial charge on any atom is -0.481 e. The first-order chi connectivity index (χ1) is 7.14. The van der Waals surface area contributed by atoms with E-state index >= 15 is 0 Å². The maximum Gasteiger partial charge on any atom is 0.310 e. The number of hydrogen-bond donors (Lipinski definition) is 1. The van der Waals surface area contributed by atoms with Crippen LogP contribution in [-0.2, 0) is 4.79 Å². The molecule has 0 saturated heterocycles. The number of nitrogens with zero attached hydrogens (tertiary/aromatic N) is 2. The van der Waals surface area contributed by atoms with Crippen molar-refractivity contribution in [3.05, 3.63) is 24.0 Å². The monoisotopic (exact) mass is 206 g/mol. The van der Waals surface area contributed by atoms with Crippen LogP contribution < -0.4 is 0 Å². The number of carbonyl (C=O) groups is 1. The molecule has 1 fully saturated rings. The zero-order valence-corrected chi connectivity index (χ0v) is 8.68. The quantitative estimate of drug-likeness (QED) is 0.801. The van der Waals surface area contributed by atoms with Crippen molar-refractivity contribution in [2.75, 3.05) is 0 Å². The van der Waals surface area contributed by atoms with Crippen LogP contribution in [0, 0.1) is 5.41 Å². The van der Waals surface area contributed by atoms with Crippen molar-refractivity contribution >= 4 is 5.97 Å². The molecule has 1 aromatic heterocycles. The van der Waals surface area contributed by atoms with Gasteiger partial charge in [-0.3, -0.25) is 4.79 Å². The Morgan fingerprint density at radius 1 is 1.67 bits per heavy atom. The van der Waals surface area contributed by atoms with Crippen molar-refractivity contribution in [2.24, 2.45) is 5.41 Å². The molecule has 0 spiro atoms. The van der Waals surface area contributed by atoms with E-state index in [0.717, 1.165) is 25.0 Å². The van der Waals surface area contributed by atoms with E-state index in [-0.39, 0.29) is 5.92 Å². The third kappa shape index (κ3) is 1.60. The number of hydrogen-bond acceptors (Lipinski definition) is 3. The Bertz CT molecular complexity index is 366. The second-order valence-corrected chi connectivity index (χ2v) is 4.32. The predicted octanol–water partition coefficient (Wildman–Crippen LogP) is 1.83. The Morgan fingerprint density at radius 3 is 3.07 bits per heavy atom. The van der Waals surface area contributed by atoms with Gasteiger partial charge in [0.05, 0.1) is 11.1 Å². The van der Waals surface area contributed by atoms with E-state index < -0.39 is 11.4 Å². The number of aliphatic carboxylic acids is 1. The average Bonchev–Trinajstić information content (AvgIpc) is 2.63. The van der Waals surface area contributed by atoms with Crippen molar-refractivity contribution in [1.82, 2.24) is 10.2 Å². The van der Waals surface area contributed by atoms with Crippen LogP contribution in [0.15, 0.2) is 18.3 Å². The van der Waals surface area contributed by atoms with E-state index in [1.165, 1.54) is 0 Å². The van der Waals surface area contributed by atoms with Crippen LogP contribution >= 0.6 is 0 Å². The van der Waals surface area contributed by atoms with Gasteiger partial charge < -0.3 is 5.11 Å². The molecule has 1 aliphatic carbocycles. The molecule has 0 amide bonds. The van der Waals surface area contributed by atoms with Gasteiger partial charge in [-0.05, 0) is 31.9 Å². The lowest BCUT2D eigenvalue weighted by atomic mass is 9.78. The standard InChI is InChI=1S/C11H14N2O2/c1-11(10(14)15)6-2-4-8(11)9-5-3-7-12-13-9/h3,5,7-8H,2,4,6H2,1H3,(H,14,15). The highest BCUT2D eigenvalue weighted by Gasteiger charge is 2.46. The van der Waals surface area contributed by atoms with Crippen LogP contribution in [0.5, 0.6) is 0 Å². The van der Waals surface area contributed by atoms with Gasteiger partial charge in [0.15, 0.2) is 0 Å². The predicted molar refractivity (Wildman–Crippen MR) is 54.4 cm³/mol. The molecule has 2 rings (SSSR count). The summed E-state index contributed by atoms with van der Waals surface area (Å²) in [5.74, 6) is -0.723. The van der Waals surface area contributed by atoms with E-state index in [4.69, 9.17) is 0 Å². The molecule has 1 N–H and O–H groups in total. The van der Waals surface area contributed by atoms with Gasteiger partial charge in [0, 0.05) is 12.1 Å². The Kier molecular flexibility index (Phi) is 2.42. The third-order valence-electron chi connectivity index (χ3n) is 3.40. The summed E-state index contributed by atoms with van der Waals surface area (Å²) in [5, 5.41) is 17.1. The Hall–Kier alpha value is -1.45. The summed E-state index contributed by atoms with van der Waals surface area (Å²) in [7, 11) is 0. The molecule has 2 atom stereocenters. The second kappa shape index (κ2) is 3.61. The summed E-state index contributed by atoms with van der Waals surface area (Å²) in [6, 6.07) is 3.67. The number of carboxylic acids is 1. The van der Waals surface area contributed by atoms with E-state index in [1.807, 2.05) is 19.1 Å². The highest BCUT2D eigenvalue weighted by Crippen LogP contribution is 2.48. The molecule has 1 heterocycles. The van der Waals surface area contributed by atoms with Crippen molar-refractivity contribution in [1.29, 1.82) is 0 Å². The van der Waals surface area contributed by atoms with E-state index in [2.05, 4.69) is 10.2 Å². The molecule has 1 aliphatic rings. The van der Waals surface area contributed by atoms with Gasteiger partial charge in [-0.25, -0.2) is 0 Å². The topological polar surface area (TPSA) is 63.1 Å². The van der Waals surface area contributed by atoms with E-state index in [0.29, 0.717) is 0 Å². The fraction of sp³-hybridized carbons (Fsp3) is 0.545. The molecule has 15 heavy (non-hydrogen) atoms. The minimum absolute atomic E-state index is 0.00343. The first-order valence-corrected chi connectivity index (χ1v) is 5.15. The number of rotatable bonds is 2. The molecule has 80 valence electrons. The molecular weight excluding hydrogens is 192 g/mol. The lowest BCUT2D eigenvalue weighted by molar-refractivity contribution is -0.148. The van der Waals surface area contributed by atoms with Crippen LogP contribution in [0.25, 0.3) is 0 Å². The molecule has 0 radical (unpaired) electrons. The van der Waals surface area contributed by atoms with Crippen LogP contribution in [0.3, 0.4) is 0 Å².